The number of rotatable bonds is 4. The van der Waals surface area contributed by atoms with Crippen molar-refractivity contribution in [3.63, 3.8) is 0 Å². The summed E-state index contributed by atoms with van der Waals surface area (Å²) in [6, 6.07) is 6.92. The van der Waals surface area contributed by atoms with Crippen molar-refractivity contribution < 1.29 is 4.79 Å². The molecule has 3 atom stereocenters. The number of likely N-dealkylation sites (tertiary alicyclic amines) is 1. The molecular formula is C21H22N4OS. The van der Waals surface area contributed by atoms with Crippen molar-refractivity contribution in [2.45, 2.75) is 24.8 Å². The van der Waals surface area contributed by atoms with Crippen LogP contribution in [0.2, 0.25) is 0 Å². The molecule has 0 spiro atoms. The van der Waals surface area contributed by atoms with Crippen LogP contribution in [-0.2, 0) is 11.2 Å². The zero-order valence-electron chi connectivity index (χ0n) is 15.0. The average Bonchev–Trinajstić information content (AvgIpc) is 3.33. The van der Waals surface area contributed by atoms with Gasteiger partial charge in [-0.25, -0.2) is 4.98 Å². The van der Waals surface area contributed by atoms with Crippen LogP contribution in [0.3, 0.4) is 0 Å². The highest BCUT2D eigenvalue weighted by atomic mass is 32.1. The Morgan fingerprint density at radius 3 is 3.22 bits per heavy atom. The number of benzene rings is 1. The van der Waals surface area contributed by atoms with Gasteiger partial charge in [0, 0.05) is 53.7 Å². The number of nitrogens with one attached hydrogen (secondary N) is 2. The lowest BCUT2D eigenvalue weighted by molar-refractivity contribution is -0.122. The SMILES string of the molecule is C=CCN1CC(C(=O)Nc2nccs2)C[C@@H]2c3cccc4[nH]cc(c34)C[C@H]21. The second-order valence-corrected chi connectivity index (χ2v) is 8.36. The number of aromatic nitrogens is 2. The number of piperidine rings is 1. The fourth-order valence-corrected chi connectivity index (χ4v) is 5.39. The second-order valence-electron chi connectivity index (χ2n) is 7.46. The van der Waals surface area contributed by atoms with E-state index in [0.29, 0.717) is 17.1 Å². The highest BCUT2D eigenvalue weighted by Gasteiger charge is 2.42. The minimum Gasteiger partial charge on any atom is -0.361 e. The Morgan fingerprint density at radius 1 is 1.48 bits per heavy atom. The van der Waals surface area contributed by atoms with Crippen LogP contribution in [0.5, 0.6) is 0 Å². The number of hydrogen-bond acceptors (Lipinski definition) is 4. The number of H-pyrrole nitrogens is 1. The van der Waals surface area contributed by atoms with Gasteiger partial charge in [-0.15, -0.1) is 17.9 Å². The summed E-state index contributed by atoms with van der Waals surface area (Å²) in [6.45, 7) is 5.51. The van der Waals surface area contributed by atoms with Crippen LogP contribution in [0.4, 0.5) is 5.13 Å². The van der Waals surface area contributed by atoms with Gasteiger partial charge in [0.15, 0.2) is 5.13 Å². The fourth-order valence-electron chi connectivity index (χ4n) is 4.86. The van der Waals surface area contributed by atoms with E-state index in [9.17, 15) is 4.79 Å². The summed E-state index contributed by atoms with van der Waals surface area (Å²) in [7, 11) is 0. The standard InChI is InChI=1S/C21H22N4OS/c1-2-7-25-12-14(20(26)24-21-22-6-8-27-21)9-16-15-4-3-5-17-19(15)13(11-23-17)10-18(16)25/h2-6,8,11,14,16,18,23H,1,7,9-10,12H2,(H,22,24,26)/t14?,16-,18-/m1/s1. The smallest absolute Gasteiger partial charge is 0.230 e. The molecule has 5 rings (SSSR count). The summed E-state index contributed by atoms with van der Waals surface area (Å²) in [6.07, 6.45) is 7.72. The van der Waals surface area contributed by atoms with Gasteiger partial charge in [0.05, 0.1) is 5.92 Å². The summed E-state index contributed by atoms with van der Waals surface area (Å²) >= 11 is 1.46. The van der Waals surface area contributed by atoms with Crippen LogP contribution in [0, 0.1) is 5.92 Å². The zero-order chi connectivity index (χ0) is 18.4. The number of carbonyl (C=O) groups excluding carboxylic acids is 1. The number of carbonyl (C=O) groups is 1. The second kappa shape index (κ2) is 6.62. The topological polar surface area (TPSA) is 61.0 Å². The summed E-state index contributed by atoms with van der Waals surface area (Å²) in [5.74, 6) is 0.382. The van der Waals surface area contributed by atoms with E-state index in [4.69, 9.17) is 0 Å². The van der Waals surface area contributed by atoms with E-state index in [-0.39, 0.29) is 11.8 Å². The first-order chi connectivity index (χ1) is 13.2. The van der Waals surface area contributed by atoms with Crippen molar-refractivity contribution in [3.05, 3.63) is 59.8 Å². The molecule has 1 amide bonds. The Labute approximate surface area is 162 Å². The summed E-state index contributed by atoms with van der Waals surface area (Å²) < 4.78 is 0. The summed E-state index contributed by atoms with van der Waals surface area (Å²) in [5.41, 5.74) is 3.97. The molecule has 0 saturated carbocycles. The maximum Gasteiger partial charge on any atom is 0.230 e. The first-order valence-electron chi connectivity index (χ1n) is 9.38. The van der Waals surface area contributed by atoms with Crippen molar-refractivity contribution in [2.75, 3.05) is 18.4 Å². The van der Waals surface area contributed by atoms with Crippen molar-refractivity contribution in [1.29, 1.82) is 0 Å². The minimum atomic E-state index is -0.0501. The molecule has 2 N–H and O–H groups in total. The van der Waals surface area contributed by atoms with Crippen molar-refractivity contribution >= 4 is 33.3 Å². The number of thiazole rings is 1. The van der Waals surface area contributed by atoms with Gasteiger partial charge >= 0.3 is 0 Å². The number of hydrogen-bond donors (Lipinski definition) is 2. The molecule has 2 aliphatic rings. The third kappa shape index (κ3) is 2.80. The molecule has 138 valence electrons. The Morgan fingerprint density at radius 2 is 2.41 bits per heavy atom. The Kier molecular flexibility index (Phi) is 4.10. The van der Waals surface area contributed by atoms with E-state index in [0.717, 1.165) is 25.9 Å². The third-order valence-electron chi connectivity index (χ3n) is 5.97. The molecule has 6 heteroatoms. The number of fused-ring (bicyclic) bond motifs is 2. The largest absolute Gasteiger partial charge is 0.361 e. The van der Waals surface area contributed by atoms with E-state index in [1.54, 1.807) is 6.20 Å². The summed E-state index contributed by atoms with van der Waals surface area (Å²) in [5, 5.41) is 6.92. The molecule has 3 aromatic rings. The molecule has 1 aliphatic carbocycles. The summed E-state index contributed by atoms with van der Waals surface area (Å²) in [4.78, 5) is 23.0. The third-order valence-corrected chi connectivity index (χ3v) is 6.66. The maximum atomic E-state index is 12.9. The number of anilines is 1. The molecule has 1 fully saturated rings. The van der Waals surface area contributed by atoms with E-state index in [1.165, 1.54) is 33.4 Å². The lowest BCUT2D eigenvalue weighted by atomic mass is 9.72. The minimum absolute atomic E-state index is 0.0501. The van der Waals surface area contributed by atoms with Gasteiger partial charge in [-0.1, -0.05) is 18.2 Å². The molecule has 1 saturated heterocycles. The van der Waals surface area contributed by atoms with Gasteiger partial charge in [0.2, 0.25) is 5.91 Å². The molecular weight excluding hydrogens is 356 g/mol. The molecule has 1 aromatic carbocycles. The van der Waals surface area contributed by atoms with Gasteiger partial charge in [-0.05, 0) is 30.0 Å². The molecule has 1 unspecified atom stereocenters. The van der Waals surface area contributed by atoms with Crippen molar-refractivity contribution in [2.24, 2.45) is 5.92 Å². The monoisotopic (exact) mass is 378 g/mol. The Hall–Kier alpha value is -2.44. The highest BCUT2D eigenvalue weighted by molar-refractivity contribution is 7.13. The first-order valence-corrected chi connectivity index (χ1v) is 10.3. The molecule has 0 radical (unpaired) electrons. The molecule has 27 heavy (non-hydrogen) atoms. The lowest BCUT2D eigenvalue weighted by Crippen LogP contribution is -2.52. The van der Waals surface area contributed by atoms with Gasteiger partial charge in [0.25, 0.3) is 0 Å². The number of nitrogens with zero attached hydrogens (tertiary/aromatic N) is 2. The first kappa shape index (κ1) is 16.7. The maximum absolute atomic E-state index is 12.9. The average molecular weight is 379 g/mol. The highest BCUT2D eigenvalue weighted by Crippen LogP contribution is 2.44. The van der Waals surface area contributed by atoms with E-state index in [2.05, 4.69) is 51.2 Å². The zero-order valence-corrected chi connectivity index (χ0v) is 15.8. The van der Waals surface area contributed by atoms with Crippen LogP contribution in [-0.4, -0.2) is 39.9 Å². The van der Waals surface area contributed by atoms with Gasteiger partial charge < -0.3 is 10.3 Å². The fraction of sp³-hybridized carbons (Fsp3) is 0.333. The molecule has 2 aromatic heterocycles. The predicted molar refractivity (Wildman–Crippen MR) is 109 cm³/mol. The number of aromatic amines is 1. The molecule has 3 heterocycles. The van der Waals surface area contributed by atoms with Gasteiger partial charge in [0.1, 0.15) is 0 Å². The quantitative estimate of drug-likeness (QED) is 0.679. The molecule has 5 nitrogen and oxygen atoms in total. The van der Waals surface area contributed by atoms with Crippen LogP contribution < -0.4 is 5.32 Å². The number of amides is 1. The van der Waals surface area contributed by atoms with Crippen LogP contribution in [0.15, 0.2) is 48.6 Å². The van der Waals surface area contributed by atoms with Crippen LogP contribution in [0.1, 0.15) is 23.5 Å². The lowest BCUT2D eigenvalue weighted by Gasteiger charge is -2.46. The Balaban J connectivity index is 1.49. The predicted octanol–water partition coefficient (Wildman–Crippen LogP) is 3.78. The molecule has 0 bridgehead atoms. The van der Waals surface area contributed by atoms with Crippen LogP contribution in [0.25, 0.3) is 10.9 Å². The normalized spacial score (nSPS) is 24.5. The van der Waals surface area contributed by atoms with Crippen molar-refractivity contribution in [1.82, 2.24) is 14.9 Å². The molecule has 1 aliphatic heterocycles. The van der Waals surface area contributed by atoms with E-state index in [1.807, 2.05) is 11.5 Å². The van der Waals surface area contributed by atoms with Gasteiger partial charge in [-0.3, -0.25) is 9.69 Å². The van der Waals surface area contributed by atoms with Crippen molar-refractivity contribution in [3.8, 4) is 0 Å². The Bertz CT molecular complexity index is 993. The van der Waals surface area contributed by atoms with Crippen LogP contribution >= 0.6 is 11.3 Å². The van der Waals surface area contributed by atoms with Gasteiger partial charge in [-0.2, -0.15) is 0 Å². The van der Waals surface area contributed by atoms with E-state index < -0.39 is 0 Å². The van der Waals surface area contributed by atoms with E-state index >= 15 is 0 Å².